The standard InChI is InChI=1S/C34H49F6NO2S/c1-31-20-28(35)30-26-11-10-25(42)19-23(26)18-22(29(30)27(31)12-14-32(31,2)43)8-4-3-5-15-41-16-6-9-24(41)21-44-17-7-13-33(36,37)34(38,39)40/h10-11,19,22,24,27-30,42-43H,3-9,12-18,20-21H2,1-2H3/t22-,24-,27+,28+,29+,30+,31+,32+/m1/s1. The summed E-state index contributed by atoms with van der Waals surface area (Å²) < 4.78 is 79.6. The van der Waals surface area contributed by atoms with Gasteiger partial charge in [0.15, 0.2) is 0 Å². The second-order valence-corrected chi connectivity index (χ2v) is 15.7. The maximum atomic E-state index is 16.1. The summed E-state index contributed by atoms with van der Waals surface area (Å²) in [5.41, 5.74) is 0.789. The number of likely N-dealkylation sites (tertiary alicyclic amines) is 1. The molecule has 44 heavy (non-hydrogen) atoms. The Hall–Kier alpha value is -1.13. The first kappa shape index (κ1) is 34.2. The Morgan fingerprint density at radius 1 is 1.05 bits per heavy atom. The largest absolute Gasteiger partial charge is 0.508 e. The van der Waals surface area contributed by atoms with Crippen molar-refractivity contribution in [1.29, 1.82) is 0 Å². The van der Waals surface area contributed by atoms with Crippen LogP contribution in [0.5, 0.6) is 5.75 Å². The molecule has 3 fully saturated rings. The molecule has 1 saturated heterocycles. The number of nitrogens with zero attached hydrogens (tertiary/aromatic N) is 1. The fourth-order valence-electron chi connectivity index (χ4n) is 9.32. The van der Waals surface area contributed by atoms with E-state index in [9.17, 15) is 32.2 Å². The summed E-state index contributed by atoms with van der Waals surface area (Å²) in [6.07, 6.45) is 1.19. The normalized spacial score (nSPS) is 35.8. The van der Waals surface area contributed by atoms with Crippen molar-refractivity contribution in [3.05, 3.63) is 29.3 Å². The summed E-state index contributed by atoms with van der Waals surface area (Å²) >= 11 is 1.47. The quantitative estimate of drug-likeness (QED) is 0.175. The third-order valence-corrected chi connectivity index (χ3v) is 13.1. The number of halogens is 6. The Morgan fingerprint density at radius 2 is 1.82 bits per heavy atom. The minimum atomic E-state index is -5.48. The van der Waals surface area contributed by atoms with Crippen molar-refractivity contribution in [3.8, 4) is 5.75 Å². The first-order valence-corrected chi connectivity index (χ1v) is 17.7. The zero-order chi connectivity index (χ0) is 31.9. The molecule has 0 bridgehead atoms. The monoisotopic (exact) mass is 649 g/mol. The topological polar surface area (TPSA) is 43.7 Å². The molecule has 3 nitrogen and oxygen atoms in total. The maximum absolute atomic E-state index is 16.1. The number of unbranched alkanes of at least 4 members (excludes halogenated alkanes) is 2. The fourth-order valence-corrected chi connectivity index (χ4v) is 10.5. The summed E-state index contributed by atoms with van der Waals surface area (Å²) in [5.74, 6) is -2.80. The van der Waals surface area contributed by atoms with E-state index in [0.29, 0.717) is 30.6 Å². The molecule has 250 valence electrons. The molecular weight excluding hydrogens is 600 g/mol. The summed E-state index contributed by atoms with van der Waals surface area (Å²) in [7, 11) is 0. The molecule has 0 amide bonds. The molecule has 1 aromatic carbocycles. The van der Waals surface area contributed by atoms with Gasteiger partial charge >= 0.3 is 12.1 Å². The van der Waals surface area contributed by atoms with E-state index in [4.69, 9.17) is 0 Å². The van der Waals surface area contributed by atoms with Crippen LogP contribution in [0.4, 0.5) is 26.3 Å². The lowest BCUT2D eigenvalue weighted by atomic mass is 9.50. The van der Waals surface area contributed by atoms with Crippen molar-refractivity contribution in [1.82, 2.24) is 4.90 Å². The Labute approximate surface area is 262 Å². The van der Waals surface area contributed by atoms with Crippen LogP contribution in [0.15, 0.2) is 18.2 Å². The molecule has 10 heteroatoms. The minimum absolute atomic E-state index is 0.155. The number of fused-ring (bicyclic) bond motifs is 5. The number of alkyl halides is 6. The molecule has 0 spiro atoms. The van der Waals surface area contributed by atoms with Crippen LogP contribution >= 0.6 is 11.8 Å². The molecule has 8 atom stereocenters. The third-order valence-electron chi connectivity index (χ3n) is 11.9. The lowest BCUT2D eigenvalue weighted by molar-refractivity contribution is -0.284. The predicted molar refractivity (Wildman–Crippen MR) is 163 cm³/mol. The van der Waals surface area contributed by atoms with Crippen molar-refractivity contribution < 1.29 is 36.6 Å². The van der Waals surface area contributed by atoms with Crippen molar-refractivity contribution in [2.45, 2.75) is 127 Å². The molecule has 4 aliphatic rings. The van der Waals surface area contributed by atoms with Gasteiger partial charge in [0.1, 0.15) is 11.9 Å². The van der Waals surface area contributed by atoms with E-state index in [1.165, 1.54) is 11.8 Å². The number of aliphatic hydroxyl groups is 1. The number of phenolic OH excluding ortho intramolecular Hbond substituents is 1. The lowest BCUT2D eigenvalue weighted by Crippen LogP contribution is -2.54. The molecule has 1 aliphatic heterocycles. The van der Waals surface area contributed by atoms with Crippen LogP contribution in [0.2, 0.25) is 0 Å². The van der Waals surface area contributed by atoms with Gasteiger partial charge in [0.05, 0.1) is 5.60 Å². The van der Waals surface area contributed by atoms with Crippen molar-refractivity contribution in [3.63, 3.8) is 0 Å². The van der Waals surface area contributed by atoms with E-state index >= 15 is 4.39 Å². The van der Waals surface area contributed by atoms with Crippen LogP contribution in [0.3, 0.4) is 0 Å². The molecule has 1 heterocycles. The summed E-state index contributed by atoms with van der Waals surface area (Å²) in [4.78, 5) is 2.44. The van der Waals surface area contributed by atoms with E-state index < -0.39 is 35.7 Å². The second-order valence-electron chi connectivity index (χ2n) is 14.6. The number of thioether (sulfide) groups is 1. The summed E-state index contributed by atoms with van der Waals surface area (Å²) in [5, 5.41) is 21.5. The maximum Gasteiger partial charge on any atom is 0.453 e. The Morgan fingerprint density at radius 3 is 2.57 bits per heavy atom. The first-order chi connectivity index (χ1) is 20.6. The highest BCUT2D eigenvalue weighted by Gasteiger charge is 2.63. The molecule has 0 unspecified atom stereocenters. The first-order valence-electron chi connectivity index (χ1n) is 16.6. The van der Waals surface area contributed by atoms with Crippen LogP contribution in [-0.4, -0.2) is 69.6 Å². The number of rotatable bonds is 12. The van der Waals surface area contributed by atoms with Gasteiger partial charge in [-0.2, -0.15) is 33.7 Å². The van der Waals surface area contributed by atoms with Gasteiger partial charge in [0.2, 0.25) is 0 Å². The van der Waals surface area contributed by atoms with Gasteiger partial charge in [-0.15, -0.1) is 0 Å². The molecular formula is C34H49F6NO2S. The molecule has 0 radical (unpaired) electrons. The van der Waals surface area contributed by atoms with E-state index in [1.54, 1.807) is 6.07 Å². The second kappa shape index (κ2) is 13.2. The van der Waals surface area contributed by atoms with Gasteiger partial charge < -0.3 is 10.2 Å². The van der Waals surface area contributed by atoms with E-state index in [-0.39, 0.29) is 29.9 Å². The highest BCUT2D eigenvalue weighted by molar-refractivity contribution is 7.99. The van der Waals surface area contributed by atoms with Crippen LogP contribution in [0.25, 0.3) is 0 Å². The van der Waals surface area contributed by atoms with E-state index in [2.05, 4.69) is 11.8 Å². The average molecular weight is 650 g/mol. The number of phenols is 1. The Bertz CT molecular complexity index is 1130. The molecule has 0 aromatic heterocycles. The number of aromatic hydroxyl groups is 1. The van der Waals surface area contributed by atoms with Gasteiger partial charge in [-0.1, -0.05) is 25.8 Å². The molecule has 2 saturated carbocycles. The number of hydrogen-bond acceptors (Lipinski definition) is 4. The Balaban J connectivity index is 1.12. The lowest BCUT2D eigenvalue weighted by Gasteiger charge is -2.56. The van der Waals surface area contributed by atoms with Crippen molar-refractivity contribution in [2.75, 3.05) is 24.6 Å². The van der Waals surface area contributed by atoms with Crippen molar-refractivity contribution >= 4 is 11.8 Å². The molecule has 3 aliphatic carbocycles. The SMILES string of the molecule is C[C@]1(O)CC[C@H]2[C@@H]3[C@H](CCCCCN4CCC[C@@H]4CSCCCC(F)(F)C(F)(F)F)Cc4cc(O)ccc4[C@H]3[C@@H](F)C[C@@]21C. The van der Waals surface area contributed by atoms with Crippen LogP contribution in [0, 0.1) is 23.2 Å². The van der Waals surface area contributed by atoms with Gasteiger partial charge in [0.25, 0.3) is 0 Å². The average Bonchev–Trinajstić information content (AvgIpc) is 3.47. The number of hydrogen-bond donors (Lipinski definition) is 2. The molecule has 1 aromatic rings. The third kappa shape index (κ3) is 6.78. The summed E-state index contributed by atoms with van der Waals surface area (Å²) in [6.45, 7) is 5.92. The zero-order valence-corrected chi connectivity index (χ0v) is 26.8. The smallest absolute Gasteiger partial charge is 0.453 e. The van der Waals surface area contributed by atoms with Crippen LogP contribution in [-0.2, 0) is 6.42 Å². The highest BCUT2D eigenvalue weighted by atomic mass is 32.2. The van der Waals surface area contributed by atoms with Gasteiger partial charge in [0, 0.05) is 29.5 Å². The van der Waals surface area contributed by atoms with Crippen molar-refractivity contribution in [2.24, 2.45) is 23.2 Å². The van der Waals surface area contributed by atoms with Crippen LogP contribution < -0.4 is 0 Å². The number of benzene rings is 1. The van der Waals surface area contributed by atoms with Gasteiger partial charge in [-0.3, -0.25) is 4.90 Å². The predicted octanol–water partition coefficient (Wildman–Crippen LogP) is 8.91. The summed E-state index contributed by atoms with van der Waals surface area (Å²) in [6, 6.07) is 5.75. The molecule has 2 N–H and O–H groups in total. The highest BCUT2D eigenvalue weighted by Crippen LogP contribution is 2.66. The molecule has 5 rings (SSSR count). The fraction of sp³-hybridized carbons (Fsp3) is 0.824. The minimum Gasteiger partial charge on any atom is -0.508 e. The van der Waals surface area contributed by atoms with E-state index in [1.807, 2.05) is 19.1 Å². The van der Waals surface area contributed by atoms with E-state index in [0.717, 1.165) is 81.3 Å². The van der Waals surface area contributed by atoms with Gasteiger partial charge in [-0.25, -0.2) is 4.39 Å². The van der Waals surface area contributed by atoms with Crippen LogP contribution in [0.1, 0.15) is 102 Å². The van der Waals surface area contributed by atoms with Gasteiger partial charge in [-0.05, 0) is 125 Å². The Kier molecular flexibility index (Phi) is 10.2. The zero-order valence-electron chi connectivity index (χ0n) is 26.0.